The van der Waals surface area contributed by atoms with Crippen LogP contribution in [0, 0.1) is 17.3 Å². The molecule has 3 unspecified atom stereocenters. The van der Waals surface area contributed by atoms with Crippen LogP contribution in [0.3, 0.4) is 0 Å². The molecule has 0 bridgehead atoms. The Bertz CT molecular complexity index is 940. The molecule has 5 nitrogen and oxygen atoms in total. The summed E-state index contributed by atoms with van der Waals surface area (Å²) in [5.41, 5.74) is 3.16. The standard InChI is InChI=1S/C29H40N2O3/c1-28-17-15-23-22-10-6-5-9-21(22)11-12-24(23)25(28)16-18-29(28,34-2)30-19-7-3-4-8-20-31-26(32)13-14-27(31)33/h5-6,9-10,13-14,23-25,30H,3-4,7-8,11-12,15-20H2,1-2H3/t23?,24?,25?,28-,29-/m0/s1. The first-order valence-corrected chi connectivity index (χ1v) is 13.4. The van der Waals surface area contributed by atoms with Gasteiger partial charge in [-0.3, -0.25) is 19.8 Å². The summed E-state index contributed by atoms with van der Waals surface area (Å²) in [5.74, 6) is 1.87. The maximum absolute atomic E-state index is 11.7. The number of hydrogen-bond acceptors (Lipinski definition) is 4. The molecule has 0 saturated heterocycles. The number of hydrogen-bond donors (Lipinski definition) is 1. The first-order valence-electron chi connectivity index (χ1n) is 13.4. The topological polar surface area (TPSA) is 58.6 Å². The summed E-state index contributed by atoms with van der Waals surface area (Å²) in [6.07, 6.45) is 14.2. The average molecular weight is 465 g/mol. The molecule has 0 radical (unpaired) electrons. The molecule has 34 heavy (non-hydrogen) atoms. The number of carbonyl (C=O) groups excluding carboxylic acids is 2. The van der Waals surface area contributed by atoms with Crippen LogP contribution in [0.1, 0.15) is 81.8 Å². The van der Waals surface area contributed by atoms with Gasteiger partial charge >= 0.3 is 0 Å². The van der Waals surface area contributed by atoms with E-state index in [9.17, 15) is 9.59 Å². The van der Waals surface area contributed by atoms with Crippen molar-refractivity contribution in [3.63, 3.8) is 0 Å². The first-order chi connectivity index (χ1) is 16.5. The number of benzene rings is 1. The molecule has 1 aromatic carbocycles. The van der Waals surface area contributed by atoms with Crippen LogP contribution in [0.4, 0.5) is 0 Å². The van der Waals surface area contributed by atoms with E-state index in [4.69, 9.17) is 4.74 Å². The molecule has 2 fully saturated rings. The lowest BCUT2D eigenvalue weighted by atomic mass is 9.54. The lowest BCUT2D eigenvalue weighted by Crippen LogP contribution is -2.59. The molecular weight excluding hydrogens is 424 g/mol. The van der Waals surface area contributed by atoms with E-state index in [-0.39, 0.29) is 23.0 Å². The highest BCUT2D eigenvalue weighted by Gasteiger charge is 2.62. The summed E-state index contributed by atoms with van der Waals surface area (Å²) in [7, 11) is 1.90. The Morgan fingerprint density at radius 1 is 1.00 bits per heavy atom. The van der Waals surface area contributed by atoms with Gasteiger partial charge < -0.3 is 4.74 Å². The average Bonchev–Trinajstić information content (AvgIpc) is 3.34. The van der Waals surface area contributed by atoms with Crippen LogP contribution in [0.2, 0.25) is 0 Å². The molecule has 0 spiro atoms. The summed E-state index contributed by atoms with van der Waals surface area (Å²) in [4.78, 5) is 24.7. The first kappa shape index (κ1) is 23.7. The fourth-order valence-corrected chi connectivity index (χ4v) is 7.91. The monoisotopic (exact) mass is 464 g/mol. The molecule has 5 atom stereocenters. The van der Waals surface area contributed by atoms with Crippen LogP contribution in [0.15, 0.2) is 36.4 Å². The summed E-state index contributed by atoms with van der Waals surface area (Å²) >= 11 is 0. The largest absolute Gasteiger partial charge is 0.363 e. The molecule has 5 rings (SSSR count). The Morgan fingerprint density at radius 2 is 1.76 bits per heavy atom. The Hall–Kier alpha value is -1.98. The Morgan fingerprint density at radius 3 is 2.56 bits per heavy atom. The van der Waals surface area contributed by atoms with Gasteiger partial charge in [0.1, 0.15) is 5.72 Å². The van der Waals surface area contributed by atoms with Crippen molar-refractivity contribution in [2.75, 3.05) is 20.2 Å². The van der Waals surface area contributed by atoms with Crippen molar-refractivity contribution in [3.05, 3.63) is 47.5 Å². The number of fused-ring (bicyclic) bond motifs is 5. The second-order valence-electron chi connectivity index (χ2n) is 11.1. The van der Waals surface area contributed by atoms with E-state index >= 15 is 0 Å². The molecule has 3 aliphatic carbocycles. The van der Waals surface area contributed by atoms with E-state index in [1.54, 1.807) is 11.1 Å². The van der Waals surface area contributed by atoms with Crippen molar-refractivity contribution < 1.29 is 14.3 Å². The smallest absolute Gasteiger partial charge is 0.253 e. The van der Waals surface area contributed by atoms with Crippen molar-refractivity contribution in [2.24, 2.45) is 17.3 Å². The van der Waals surface area contributed by atoms with E-state index in [0.717, 1.165) is 56.4 Å². The van der Waals surface area contributed by atoms with Crippen LogP contribution in [-0.4, -0.2) is 42.6 Å². The molecular formula is C29H40N2O3. The summed E-state index contributed by atoms with van der Waals surface area (Å²) in [6.45, 7) is 3.98. The highest BCUT2D eigenvalue weighted by molar-refractivity contribution is 6.12. The number of carbonyl (C=O) groups is 2. The van der Waals surface area contributed by atoms with Crippen molar-refractivity contribution in [3.8, 4) is 0 Å². The van der Waals surface area contributed by atoms with Crippen LogP contribution >= 0.6 is 0 Å². The predicted molar refractivity (Wildman–Crippen MR) is 133 cm³/mol. The zero-order chi connectivity index (χ0) is 23.8. The second-order valence-corrected chi connectivity index (χ2v) is 11.1. The van der Waals surface area contributed by atoms with Gasteiger partial charge in [-0.2, -0.15) is 0 Å². The maximum atomic E-state index is 11.7. The van der Waals surface area contributed by atoms with Gasteiger partial charge in [0.05, 0.1) is 0 Å². The second kappa shape index (κ2) is 9.58. The van der Waals surface area contributed by atoms with Gasteiger partial charge in [-0.05, 0) is 86.8 Å². The van der Waals surface area contributed by atoms with E-state index in [1.807, 2.05) is 7.11 Å². The Balaban J connectivity index is 1.14. The lowest BCUT2D eigenvalue weighted by molar-refractivity contribution is -0.146. The van der Waals surface area contributed by atoms with Crippen molar-refractivity contribution in [2.45, 2.75) is 82.8 Å². The van der Waals surface area contributed by atoms with Gasteiger partial charge in [-0.25, -0.2) is 0 Å². The maximum Gasteiger partial charge on any atom is 0.253 e. The lowest BCUT2D eigenvalue weighted by Gasteiger charge is -2.54. The molecule has 4 aliphatic rings. The van der Waals surface area contributed by atoms with Gasteiger partial charge in [0, 0.05) is 31.2 Å². The van der Waals surface area contributed by atoms with Crippen molar-refractivity contribution >= 4 is 11.8 Å². The molecule has 184 valence electrons. The number of methoxy groups -OCH3 is 1. The number of aryl methyl sites for hydroxylation is 1. The number of nitrogens with zero attached hydrogens (tertiary/aromatic N) is 1. The van der Waals surface area contributed by atoms with Crippen molar-refractivity contribution in [1.29, 1.82) is 0 Å². The minimum absolute atomic E-state index is 0.172. The molecule has 0 aromatic heterocycles. The van der Waals surface area contributed by atoms with Crippen LogP contribution < -0.4 is 5.32 Å². The molecule has 2 saturated carbocycles. The van der Waals surface area contributed by atoms with E-state index in [1.165, 1.54) is 49.2 Å². The molecule has 2 amide bonds. The Labute approximate surface area is 204 Å². The number of amides is 2. The molecule has 1 aromatic rings. The third-order valence-electron chi connectivity index (χ3n) is 9.73. The normalized spacial score (nSPS) is 34.3. The van der Waals surface area contributed by atoms with E-state index in [2.05, 4.69) is 36.5 Å². The molecule has 1 heterocycles. The van der Waals surface area contributed by atoms with Crippen LogP contribution in [-0.2, 0) is 20.7 Å². The minimum Gasteiger partial charge on any atom is -0.363 e. The van der Waals surface area contributed by atoms with E-state index in [0.29, 0.717) is 6.54 Å². The minimum atomic E-state index is -0.223. The quantitative estimate of drug-likeness (QED) is 0.319. The highest BCUT2D eigenvalue weighted by Crippen LogP contribution is 2.64. The fraction of sp³-hybridized carbons (Fsp3) is 0.655. The summed E-state index contributed by atoms with van der Waals surface area (Å²) < 4.78 is 6.34. The van der Waals surface area contributed by atoms with E-state index < -0.39 is 0 Å². The fourth-order valence-electron chi connectivity index (χ4n) is 7.91. The predicted octanol–water partition coefficient (Wildman–Crippen LogP) is 4.96. The number of rotatable bonds is 9. The zero-order valence-electron chi connectivity index (χ0n) is 20.9. The van der Waals surface area contributed by atoms with Gasteiger partial charge in [0.15, 0.2) is 0 Å². The number of nitrogens with one attached hydrogen (secondary N) is 1. The summed E-state index contributed by atoms with van der Waals surface area (Å²) in [5, 5.41) is 3.89. The van der Waals surface area contributed by atoms with Gasteiger partial charge in [-0.15, -0.1) is 0 Å². The summed E-state index contributed by atoms with van der Waals surface area (Å²) in [6, 6.07) is 9.15. The number of ether oxygens (including phenoxy) is 1. The molecule has 1 N–H and O–H groups in total. The number of imide groups is 1. The van der Waals surface area contributed by atoms with Crippen LogP contribution in [0.25, 0.3) is 0 Å². The Kier molecular flexibility index (Phi) is 6.69. The van der Waals surface area contributed by atoms with Gasteiger partial charge in [0.2, 0.25) is 0 Å². The van der Waals surface area contributed by atoms with Crippen molar-refractivity contribution in [1.82, 2.24) is 10.2 Å². The van der Waals surface area contributed by atoms with Gasteiger partial charge in [0.25, 0.3) is 11.8 Å². The molecule has 5 heteroatoms. The third kappa shape index (κ3) is 3.95. The third-order valence-corrected chi connectivity index (χ3v) is 9.73. The van der Waals surface area contributed by atoms with Crippen LogP contribution in [0.5, 0.6) is 0 Å². The highest BCUT2D eigenvalue weighted by atomic mass is 16.5. The number of unbranched alkanes of at least 4 members (excludes halogenated alkanes) is 3. The zero-order valence-corrected chi connectivity index (χ0v) is 20.9. The molecule has 1 aliphatic heterocycles. The SMILES string of the molecule is CO[C@@]1(NCCCCCCN2C(=O)C=CC2=O)CCC2C3CCc4ccccc4C3CC[C@@]21C. The van der Waals surface area contributed by atoms with Gasteiger partial charge in [-0.1, -0.05) is 44.0 Å².